The van der Waals surface area contributed by atoms with Crippen molar-refractivity contribution in [1.82, 2.24) is 4.57 Å². The van der Waals surface area contributed by atoms with Crippen LogP contribution in [0.15, 0.2) is 30.5 Å². The van der Waals surface area contributed by atoms with Crippen LogP contribution >= 0.6 is 0 Å². The fraction of sp³-hybridized carbons (Fsp3) is 0.333. The van der Waals surface area contributed by atoms with Crippen LogP contribution < -0.4 is 5.73 Å². The van der Waals surface area contributed by atoms with Crippen LogP contribution in [-0.4, -0.2) is 17.3 Å². The smallest absolute Gasteiger partial charge is 0.338 e. The van der Waals surface area contributed by atoms with Gasteiger partial charge in [0, 0.05) is 11.7 Å². The number of nitrogens with zero attached hydrogens (tertiary/aromatic N) is 1. The molecule has 1 aromatic carbocycles. The molecule has 0 spiro atoms. The number of hydrogen-bond acceptors (Lipinski definition) is 1. The van der Waals surface area contributed by atoms with Crippen LogP contribution in [-0.2, 0) is 13.0 Å². The van der Waals surface area contributed by atoms with E-state index in [0.29, 0.717) is 12.1 Å². The first-order valence-corrected chi connectivity index (χ1v) is 5.34. The van der Waals surface area contributed by atoms with Crippen LogP contribution in [0.2, 0.25) is 0 Å². The Labute approximate surface area is 96.8 Å². The van der Waals surface area contributed by atoms with Crippen LogP contribution in [0.4, 0.5) is 13.2 Å². The van der Waals surface area contributed by atoms with E-state index in [1.54, 1.807) is 12.1 Å². The van der Waals surface area contributed by atoms with Crippen molar-refractivity contribution in [3.05, 3.63) is 36.0 Å². The summed E-state index contributed by atoms with van der Waals surface area (Å²) in [5.41, 5.74) is 7.09. The monoisotopic (exact) mass is 242 g/mol. The normalized spacial score (nSPS) is 12.2. The van der Waals surface area contributed by atoms with E-state index in [2.05, 4.69) is 0 Å². The summed E-state index contributed by atoms with van der Waals surface area (Å²) in [5.74, 6) is 0. The summed E-state index contributed by atoms with van der Waals surface area (Å²) in [5, 5.41) is 0.820. The first-order chi connectivity index (χ1) is 7.99. The van der Waals surface area contributed by atoms with Crippen LogP contribution in [0, 0.1) is 0 Å². The van der Waals surface area contributed by atoms with Crippen molar-refractivity contribution in [2.45, 2.75) is 19.1 Å². The van der Waals surface area contributed by atoms with Crippen molar-refractivity contribution in [2.24, 2.45) is 5.73 Å². The molecular weight excluding hydrogens is 229 g/mol. The lowest BCUT2D eigenvalue weighted by Crippen LogP contribution is -2.16. The zero-order valence-corrected chi connectivity index (χ0v) is 9.17. The van der Waals surface area contributed by atoms with Gasteiger partial charge in [-0.25, -0.2) is 0 Å². The molecule has 0 aliphatic rings. The van der Waals surface area contributed by atoms with Crippen molar-refractivity contribution in [3.8, 4) is 0 Å². The van der Waals surface area contributed by atoms with Gasteiger partial charge in [0.25, 0.3) is 0 Å². The number of hydrogen-bond donors (Lipinski definition) is 1. The van der Waals surface area contributed by atoms with Gasteiger partial charge in [0.1, 0.15) is 6.54 Å². The molecule has 0 bridgehead atoms. The molecule has 0 aliphatic heterocycles. The predicted molar refractivity (Wildman–Crippen MR) is 60.8 cm³/mol. The molecule has 0 unspecified atom stereocenters. The molecule has 0 saturated heterocycles. The van der Waals surface area contributed by atoms with Crippen LogP contribution in [0.1, 0.15) is 5.56 Å². The average Bonchev–Trinajstić information content (AvgIpc) is 2.59. The number of alkyl halides is 3. The summed E-state index contributed by atoms with van der Waals surface area (Å²) in [6.07, 6.45) is -1.99. The third-order valence-corrected chi connectivity index (χ3v) is 2.62. The molecule has 0 radical (unpaired) electrons. The maximum absolute atomic E-state index is 12.3. The molecule has 0 atom stereocenters. The van der Waals surface area contributed by atoms with E-state index in [4.69, 9.17) is 5.73 Å². The highest BCUT2D eigenvalue weighted by Gasteiger charge is 2.28. The molecule has 2 N–H and O–H groups in total. The van der Waals surface area contributed by atoms with Crippen LogP contribution in [0.25, 0.3) is 10.9 Å². The van der Waals surface area contributed by atoms with Gasteiger partial charge >= 0.3 is 6.18 Å². The highest BCUT2D eigenvalue weighted by molar-refractivity contribution is 5.80. The molecule has 0 fully saturated rings. The van der Waals surface area contributed by atoms with Gasteiger partial charge in [0.05, 0.1) is 0 Å². The SMILES string of the molecule is NCCc1ccc2c(ccn2CC(F)(F)F)c1. The summed E-state index contributed by atoms with van der Waals surface area (Å²) in [6.45, 7) is -0.415. The van der Waals surface area contributed by atoms with Crippen molar-refractivity contribution in [1.29, 1.82) is 0 Å². The Kier molecular flexibility index (Phi) is 3.11. The molecular formula is C12H13F3N2. The molecule has 1 heterocycles. The van der Waals surface area contributed by atoms with Gasteiger partial charge in [0.15, 0.2) is 0 Å². The van der Waals surface area contributed by atoms with E-state index in [-0.39, 0.29) is 0 Å². The van der Waals surface area contributed by atoms with Crippen molar-refractivity contribution < 1.29 is 13.2 Å². The predicted octanol–water partition coefficient (Wildman–Crippen LogP) is 2.70. The number of benzene rings is 1. The quantitative estimate of drug-likeness (QED) is 0.881. The lowest BCUT2D eigenvalue weighted by atomic mass is 10.1. The lowest BCUT2D eigenvalue weighted by Gasteiger charge is -2.09. The van der Waals surface area contributed by atoms with E-state index < -0.39 is 12.7 Å². The van der Waals surface area contributed by atoms with Gasteiger partial charge in [-0.1, -0.05) is 6.07 Å². The van der Waals surface area contributed by atoms with Crippen molar-refractivity contribution in [3.63, 3.8) is 0 Å². The van der Waals surface area contributed by atoms with Gasteiger partial charge in [-0.15, -0.1) is 0 Å². The third-order valence-electron chi connectivity index (χ3n) is 2.62. The van der Waals surface area contributed by atoms with Gasteiger partial charge in [-0.3, -0.25) is 0 Å². The fourth-order valence-corrected chi connectivity index (χ4v) is 1.90. The molecule has 2 nitrogen and oxygen atoms in total. The third kappa shape index (κ3) is 2.79. The second kappa shape index (κ2) is 4.41. The first-order valence-electron chi connectivity index (χ1n) is 5.34. The molecule has 92 valence electrons. The number of fused-ring (bicyclic) bond motifs is 1. The van der Waals surface area contributed by atoms with E-state index >= 15 is 0 Å². The summed E-state index contributed by atoms with van der Waals surface area (Å²) < 4.78 is 38.1. The highest BCUT2D eigenvalue weighted by Crippen LogP contribution is 2.23. The Bertz CT molecular complexity index is 514. The van der Waals surface area contributed by atoms with E-state index in [9.17, 15) is 13.2 Å². The second-order valence-corrected chi connectivity index (χ2v) is 3.99. The average molecular weight is 242 g/mol. The lowest BCUT2D eigenvalue weighted by molar-refractivity contribution is -0.139. The fourth-order valence-electron chi connectivity index (χ4n) is 1.90. The maximum Gasteiger partial charge on any atom is 0.406 e. The molecule has 0 aliphatic carbocycles. The number of rotatable bonds is 3. The van der Waals surface area contributed by atoms with Gasteiger partial charge in [-0.05, 0) is 42.1 Å². The first kappa shape index (κ1) is 12.0. The molecule has 0 saturated carbocycles. The molecule has 2 aromatic rings. The van der Waals surface area contributed by atoms with E-state index in [0.717, 1.165) is 17.4 Å². The topological polar surface area (TPSA) is 30.9 Å². The summed E-state index contributed by atoms with van der Waals surface area (Å²) in [4.78, 5) is 0. The largest absolute Gasteiger partial charge is 0.406 e. The van der Waals surface area contributed by atoms with Gasteiger partial charge in [-0.2, -0.15) is 13.2 Å². The minimum Gasteiger partial charge on any atom is -0.338 e. The minimum absolute atomic E-state index is 0.536. The standard InChI is InChI=1S/C12H13F3N2/c13-12(14,15)8-17-6-4-10-7-9(3-5-16)1-2-11(10)17/h1-2,4,6-7H,3,5,8,16H2. The molecule has 2 rings (SSSR count). The number of nitrogens with two attached hydrogens (primary N) is 1. The molecule has 1 aromatic heterocycles. The summed E-state index contributed by atoms with van der Waals surface area (Å²) in [6, 6.07) is 7.12. The van der Waals surface area contributed by atoms with Crippen molar-refractivity contribution in [2.75, 3.05) is 6.54 Å². The highest BCUT2D eigenvalue weighted by atomic mass is 19.4. The Morgan fingerprint density at radius 2 is 1.94 bits per heavy atom. The van der Waals surface area contributed by atoms with Gasteiger partial charge in [0.2, 0.25) is 0 Å². The maximum atomic E-state index is 12.3. The van der Waals surface area contributed by atoms with Gasteiger partial charge < -0.3 is 10.3 Å². The van der Waals surface area contributed by atoms with Crippen LogP contribution in [0.3, 0.4) is 0 Å². The van der Waals surface area contributed by atoms with E-state index in [1.165, 1.54) is 10.8 Å². The Balaban J connectivity index is 2.35. The minimum atomic E-state index is -4.19. The van der Waals surface area contributed by atoms with Crippen molar-refractivity contribution >= 4 is 10.9 Å². The Morgan fingerprint density at radius 3 is 2.59 bits per heavy atom. The molecule has 17 heavy (non-hydrogen) atoms. The molecule has 0 amide bonds. The van der Waals surface area contributed by atoms with E-state index in [1.807, 2.05) is 12.1 Å². The van der Waals surface area contributed by atoms with Crippen LogP contribution in [0.5, 0.6) is 0 Å². The zero-order chi connectivity index (χ0) is 12.5. The summed E-state index contributed by atoms with van der Waals surface area (Å²) >= 11 is 0. The zero-order valence-electron chi connectivity index (χ0n) is 9.17. The second-order valence-electron chi connectivity index (χ2n) is 3.99. The Morgan fingerprint density at radius 1 is 1.18 bits per heavy atom. The summed E-state index contributed by atoms with van der Waals surface area (Å²) in [7, 11) is 0. The Hall–Kier alpha value is -1.49. The number of halogens is 3. The number of aromatic nitrogens is 1. The molecule has 5 heteroatoms.